The van der Waals surface area contributed by atoms with Crippen molar-refractivity contribution >= 4 is 48.9 Å². The van der Waals surface area contributed by atoms with E-state index in [2.05, 4.69) is 15.9 Å². The Balaban J connectivity index is 1.96. The third-order valence-corrected chi connectivity index (χ3v) is 5.43. The number of carbonyl (C=O) groups excluding carboxylic acids is 1. The number of anilines is 1. The van der Waals surface area contributed by atoms with Crippen LogP contribution >= 0.6 is 27.3 Å². The predicted molar refractivity (Wildman–Crippen MR) is 88.3 cm³/mol. The lowest BCUT2D eigenvalue weighted by molar-refractivity contribution is 0.0767. The Bertz CT molecular complexity index is 645. The number of fused-ring (bicyclic) bond motifs is 1. The van der Waals surface area contributed by atoms with Gasteiger partial charge in [-0.2, -0.15) is 0 Å². The van der Waals surface area contributed by atoms with Gasteiger partial charge in [-0.1, -0.05) is 34.8 Å². The number of benzene rings is 1. The summed E-state index contributed by atoms with van der Waals surface area (Å²) in [5.74, 6) is 0.0988. The summed E-state index contributed by atoms with van der Waals surface area (Å²) in [6.07, 6.45) is 4.64. The van der Waals surface area contributed by atoms with Gasteiger partial charge in [0.25, 0.3) is 5.91 Å². The van der Waals surface area contributed by atoms with Gasteiger partial charge in [-0.05, 0) is 25.0 Å². The lowest BCUT2D eigenvalue weighted by Crippen LogP contribution is -2.31. The fourth-order valence-corrected chi connectivity index (χ4v) is 4.31. The number of rotatable bonds is 1. The molecular weight excluding hydrogens is 336 g/mol. The number of nitrogens with two attached hydrogens (primary N) is 1. The van der Waals surface area contributed by atoms with Crippen molar-refractivity contribution in [2.24, 2.45) is 0 Å². The molecule has 1 aliphatic heterocycles. The molecule has 3 nitrogen and oxygen atoms in total. The molecule has 1 aromatic carbocycles. The van der Waals surface area contributed by atoms with Crippen LogP contribution in [0.4, 0.5) is 5.69 Å². The maximum atomic E-state index is 12.7. The molecular formula is C15H17BrN2OS. The SMILES string of the molecule is Nc1c(C(=O)N2CCCCCC2)sc2cc(Br)ccc12. The Morgan fingerprint density at radius 3 is 2.60 bits per heavy atom. The third kappa shape index (κ3) is 2.56. The first-order chi connectivity index (χ1) is 9.66. The molecule has 1 saturated heterocycles. The van der Waals surface area contributed by atoms with Gasteiger partial charge in [0.1, 0.15) is 4.88 Å². The molecule has 0 spiro atoms. The molecule has 0 atom stereocenters. The number of amides is 1. The van der Waals surface area contributed by atoms with E-state index in [1.54, 1.807) is 0 Å². The Hall–Kier alpha value is -1.07. The highest BCUT2D eigenvalue weighted by molar-refractivity contribution is 9.10. The average molecular weight is 353 g/mol. The quantitative estimate of drug-likeness (QED) is 0.833. The van der Waals surface area contributed by atoms with E-state index < -0.39 is 0 Å². The fourth-order valence-electron chi connectivity index (χ4n) is 2.67. The summed E-state index contributed by atoms with van der Waals surface area (Å²) in [6.45, 7) is 1.71. The van der Waals surface area contributed by atoms with E-state index >= 15 is 0 Å². The third-order valence-electron chi connectivity index (χ3n) is 3.78. The smallest absolute Gasteiger partial charge is 0.266 e. The number of carbonyl (C=O) groups is 1. The second-order valence-electron chi connectivity index (χ2n) is 5.19. The van der Waals surface area contributed by atoms with Crippen molar-refractivity contribution in [3.8, 4) is 0 Å². The van der Waals surface area contributed by atoms with Crippen LogP contribution in [-0.4, -0.2) is 23.9 Å². The van der Waals surface area contributed by atoms with Crippen molar-refractivity contribution in [3.05, 3.63) is 27.5 Å². The number of nitrogens with zero attached hydrogens (tertiary/aromatic N) is 1. The molecule has 0 saturated carbocycles. The van der Waals surface area contributed by atoms with Crippen LogP contribution in [0.2, 0.25) is 0 Å². The van der Waals surface area contributed by atoms with Crippen LogP contribution in [0.15, 0.2) is 22.7 Å². The molecule has 2 N–H and O–H groups in total. The summed E-state index contributed by atoms with van der Waals surface area (Å²) in [5.41, 5.74) is 6.81. The Morgan fingerprint density at radius 1 is 1.20 bits per heavy atom. The first-order valence-electron chi connectivity index (χ1n) is 6.93. The molecule has 0 aliphatic carbocycles. The van der Waals surface area contributed by atoms with Gasteiger partial charge in [-0.3, -0.25) is 4.79 Å². The summed E-state index contributed by atoms with van der Waals surface area (Å²) in [5, 5.41) is 0.983. The molecule has 1 aromatic heterocycles. The molecule has 106 valence electrons. The Morgan fingerprint density at radius 2 is 1.90 bits per heavy atom. The summed E-state index contributed by atoms with van der Waals surface area (Å²) < 4.78 is 2.08. The molecule has 0 radical (unpaired) electrons. The standard InChI is InChI=1S/C15H17BrN2OS/c16-10-5-6-11-12(9-10)20-14(13(11)17)15(19)18-7-3-1-2-4-8-18/h5-6,9H,1-4,7-8,17H2. The zero-order chi connectivity index (χ0) is 14.1. The first-order valence-corrected chi connectivity index (χ1v) is 8.54. The molecule has 1 amide bonds. The molecule has 2 aromatic rings. The summed E-state index contributed by atoms with van der Waals surface area (Å²) in [7, 11) is 0. The van der Waals surface area contributed by atoms with Crippen LogP contribution in [0, 0.1) is 0 Å². The maximum absolute atomic E-state index is 12.7. The Labute approximate surface area is 130 Å². The number of hydrogen-bond donors (Lipinski definition) is 1. The van der Waals surface area contributed by atoms with Gasteiger partial charge in [-0.15, -0.1) is 11.3 Å². The lowest BCUT2D eigenvalue weighted by Gasteiger charge is -2.19. The monoisotopic (exact) mass is 352 g/mol. The predicted octanol–water partition coefficient (Wildman–Crippen LogP) is 4.26. The highest BCUT2D eigenvalue weighted by Crippen LogP contribution is 2.36. The van der Waals surface area contributed by atoms with Gasteiger partial charge < -0.3 is 10.6 Å². The molecule has 2 heterocycles. The van der Waals surface area contributed by atoms with Gasteiger partial charge in [0.05, 0.1) is 5.69 Å². The Kier molecular flexibility index (Phi) is 3.98. The van der Waals surface area contributed by atoms with E-state index in [1.807, 2.05) is 23.1 Å². The minimum absolute atomic E-state index is 0.0988. The van der Waals surface area contributed by atoms with Crippen LogP contribution < -0.4 is 5.73 Å². The lowest BCUT2D eigenvalue weighted by atomic mass is 10.2. The molecule has 1 fully saturated rings. The topological polar surface area (TPSA) is 46.3 Å². The molecule has 0 unspecified atom stereocenters. The van der Waals surface area contributed by atoms with E-state index in [1.165, 1.54) is 24.2 Å². The van der Waals surface area contributed by atoms with Crippen LogP contribution in [0.25, 0.3) is 10.1 Å². The average Bonchev–Trinajstić information content (AvgIpc) is 2.65. The molecule has 0 bridgehead atoms. The van der Waals surface area contributed by atoms with Gasteiger partial charge in [-0.25, -0.2) is 0 Å². The second kappa shape index (κ2) is 5.74. The number of hydrogen-bond acceptors (Lipinski definition) is 3. The zero-order valence-electron chi connectivity index (χ0n) is 11.2. The second-order valence-corrected chi connectivity index (χ2v) is 7.16. The maximum Gasteiger partial charge on any atom is 0.266 e. The number of halogens is 1. The first kappa shape index (κ1) is 13.9. The van der Waals surface area contributed by atoms with Crippen molar-refractivity contribution in [2.75, 3.05) is 18.8 Å². The number of thiophene rings is 1. The van der Waals surface area contributed by atoms with Crippen LogP contribution in [0.5, 0.6) is 0 Å². The number of likely N-dealkylation sites (tertiary alicyclic amines) is 1. The van der Waals surface area contributed by atoms with E-state index in [0.717, 1.165) is 40.5 Å². The number of nitrogen functional groups attached to an aromatic ring is 1. The largest absolute Gasteiger partial charge is 0.397 e. The van der Waals surface area contributed by atoms with Gasteiger partial charge in [0.15, 0.2) is 0 Å². The van der Waals surface area contributed by atoms with E-state index in [4.69, 9.17) is 5.73 Å². The van der Waals surface area contributed by atoms with E-state index in [0.29, 0.717) is 10.6 Å². The summed E-state index contributed by atoms with van der Waals surface area (Å²) in [6, 6.07) is 5.96. The van der Waals surface area contributed by atoms with Crippen LogP contribution in [-0.2, 0) is 0 Å². The fraction of sp³-hybridized carbons (Fsp3) is 0.400. The molecule has 5 heteroatoms. The van der Waals surface area contributed by atoms with Crippen molar-refractivity contribution in [3.63, 3.8) is 0 Å². The van der Waals surface area contributed by atoms with Crippen molar-refractivity contribution < 1.29 is 4.79 Å². The zero-order valence-corrected chi connectivity index (χ0v) is 13.6. The summed E-state index contributed by atoms with van der Waals surface area (Å²) in [4.78, 5) is 15.3. The normalized spacial score (nSPS) is 16.4. The van der Waals surface area contributed by atoms with Gasteiger partial charge in [0.2, 0.25) is 0 Å². The van der Waals surface area contributed by atoms with E-state index in [-0.39, 0.29) is 5.91 Å². The molecule has 20 heavy (non-hydrogen) atoms. The minimum atomic E-state index is 0.0988. The van der Waals surface area contributed by atoms with Crippen molar-refractivity contribution in [1.29, 1.82) is 0 Å². The van der Waals surface area contributed by atoms with E-state index in [9.17, 15) is 4.79 Å². The van der Waals surface area contributed by atoms with Crippen LogP contribution in [0.1, 0.15) is 35.4 Å². The van der Waals surface area contributed by atoms with Crippen molar-refractivity contribution in [2.45, 2.75) is 25.7 Å². The summed E-state index contributed by atoms with van der Waals surface area (Å²) >= 11 is 4.96. The molecule has 3 rings (SSSR count). The van der Waals surface area contributed by atoms with Crippen molar-refractivity contribution in [1.82, 2.24) is 4.90 Å². The highest BCUT2D eigenvalue weighted by atomic mass is 79.9. The minimum Gasteiger partial charge on any atom is -0.397 e. The van der Waals surface area contributed by atoms with Gasteiger partial charge >= 0.3 is 0 Å². The van der Waals surface area contributed by atoms with Gasteiger partial charge in [0, 0.05) is 27.6 Å². The van der Waals surface area contributed by atoms with Crippen LogP contribution in [0.3, 0.4) is 0 Å². The molecule has 1 aliphatic rings. The highest BCUT2D eigenvalue weighted by Gasteiger charge is 2.22.